The minimum Gasteiger partial charge on any atom is -0.493 e. The molecule has 0 aliphatic carbocycles. The standard InChI is InChI=1S/C16H23FN2O/c17-13-5-6-15-14(11-13)16(12-18,7-10-20-15)19-8-3-1-2-4-9-19/h5-6,11H,1-4,7-10,12,18H2. The van der Waals surface area contributed by atoms with Crippen LogP contribution in [0.3, 0.4) is 0 Å². The van der Waals surface area contributed by atoms with Crippen molar-refractivity contribution in [2.75, 3.05) is 26.2 Å². The van der Waals surface area contributed by atoms with Crippen LogP contribution in [-0.4, -0.2) is 31.1 Å². The molecule has 1 aromatic rings. The summed E-state index contributed by atoms with van der Waals surface area (Å²) >= 11 is 0. The number of halogens is 1. The third kappa shape index (κ3) is 2.31. The van der Waals surface area contributed by atoms with Crippen LogP contribution >= 0.6 is 0 Å². The molecular formula is C16H23FN2O. The van der Waals surface area contributed by atoms with Gasteiger partial charge in [0.15, 0.2) is 0 Å². The third-order valence-electron chi connectivity index (χ3n) is 4.77. The molecule has 0 radical (unpaired) electrons. The van der Waals surface area contributed by atoms with Crippen molar-refractivity contribution >= 4 is 0 Å². The Morgan fingerprint density at radius 2 is 1.95 bits per heavy atom. The molecule has 3 nitrogen and oxygen atoms in total. The van der Waals surface area contributed by atoms with Crippen molar-refractivity contribution in [1.82, 2.24) is 4.90 Å². The number of rotatable bonds is 2. The largest absolute Gasteiger partial charge is 0.493 e. The van der Waals surface area contributed by atoms with Gasteiger partial charge in [-0.1, -0.05) is 12.8 Å². The lowest BCUT2D eigenvalue weighted by molar-refractivity contribution is 0.0509. The second-order valence-electron chi connectivity index (χ2n) is 5.88. The second kappa shape index (κ2) is 5.70. The zero-order valence-corrected chi connectivity index (χ0v) is 11.9. The molecule has 0 bridgehead atoms. The number of nitrogens with zero attached hydrogens (tertiary/aromatic N) is 1. The van der Waals surface area contributed by atoms with E-state index in [0.717, 1.165) is 30.8 Å². The maximum atomic E-state index is 13.7. The average molecular weight is 278 g/mol. The molecule has 0 spiro atoms. The SMILES string of the molecule is NCC1(N2CCCCCC2)CCOc2ccc(F)cc21. The number of hydrogen-bond donors (Lipinski definition) is 1. The van der Waals surface area contributed by atoms with Crippen LogP contribution in [0.5, 0.6) is 5.75 Å². The topological polar surface area (TPSA) is 38.5 Å². The van der Waals surface area contributed by atoms with Gasteiger partial charge in [0.2, 0.25) is 0 Å². The van der Waals surface area contributed by atoms with Crippen molar-refractivity contribution in [3.63, 3.8) is 0 Å². The van der Waals surface area contributed by atoms with Gasteiger partial charge in [-0.05, 0) is 44.1 Å². The molecule has 2 N–H and O–H groups in total. The van der Waals surface area contributed by atoms with Crippen molar-refractivity contribution in [2.45, 2.75) is 37.6 Å². The van der Waals surface area contributed by atoms with Crippen molar-refractivity contribution in [3.05, 3.63) is 29.6 Å². The third-order valence-corrected chi connectivity index (χ3v) is 4.77. The number of nitrogens with two attached hydrogens (primary N) is 1. The highest BCUT2D eigenvalue weighted by Crippen LogP contribution is 2.42. The highest BCUT2D eigenvalue weighted by Gasteiger charge is 2.42. The Labute approximate surface area is 119 Å². The predicted molar refractivity (Wildman–Crippen MR) is 77.3 cm³/mol. The molecule has 2 heterocycles. The molecule has 0 saturated carbocycles. The quantitative estimate of drug-likeness (QED) is 0.904. The van der Waals surface area contributed by atoms with Gasteiger partial charge in [-0.15, -0.1) is 0 Å². The molecular weight excluding hydrogens is 255 g/mol. The highest BCUT2D eigenvalue weighted by atomic mass is 19.1. The van der Waals surface area contributed by atoms with Crippen LogP contribution in [0.15, 0.2) is 18.2 Å². The van der Waals surface area contributed by atoms with Gasteiger partial charge >= 0.3 is 0 Å². The lowest BCUT2D eigenvalue weighted by atomic mass is 9.82. The summed E-state index contributed by atoms with van der Waals surface area (Å²) in [5, 5.41) is 0. The van der Waals surface area contributed by atoms with Crippen molar-refractivity contribution in [2.24, 2.45) is 5.73 Å². The first-order valence-electron chi connectivity index (χ1n) is 7.64. The van der Waals surface area contributed by atoms with Crippen LogP contribution < -0.4 is 10.5 Å². The lowest BCUT2D eigenvalue weighted by Crippen LogP contribution is -2.54. The number of fused-ring (bicyclic) bond motifs is 1. The lowest BCUT2D eigenvalue weighted by Gasteiger charge is -2.46. The van der Waals surface area contributed by atoms with E-state index in [0.29, 0.717) is 13.2 Å². The van der Waals surface area contributed by atoms with E-state index in [1.165, 1.54) is 31.7 Å². The van der Waals surface area contributed by atoms with E-state index >= 15 is 0 Å². The van der Waals surface area contributed by atoms with Gasteiger partial charge in [-0.2, -0.15) is 0 Å². The van der Waals surface area contributed by atoms with Crippen LogP contribution in [0, 0.1) is 5.82 Å². The Morgan fingerprint density at radius 3 is 2.65 bits per heavy atom. The molecule has 2 aliphatic rings. The minimum absolute atomic E-state index is 0.207. The molecule has 3 rings (SSSR count). The molecule has 1 aromatic carbocycles. The van der Waals surface area contributed by atoms with Crippen LogP contribution in [0.1, 0.15) is 37.7 Å². The fourth-order valence-corrected chi connectivity index (χ4v) is 3.62. The maximum Gasteiger partial charge on any atom is 0.124 e. The van der Waals surface area contributed by atoms with Gasteiger partial charge in [0.25, 0.3) is 0 Å². The number of ether oxygens (including phenoxy) is 1. The zero-order valence-electron chi connectivity index (χ0n) is 11.9. The van der Waals surface area contributed by atoms with Crippen LogP contribution in [-0.2, 0) is 5.54 Å². The predicted octanol–water partition coefficient (Wildman–Crippen LogP) is 2.64. The van der Waals surface area contributed by atoms with E-state index in [1.807, 2.05) is 0 Å². The number of hydrogen-bond acceptors (Lipinski definition) is 3. The summed E-state index contributed by atoms with van der Waals surface area (Å²) in [5.74, 6) is 0.592. The van der Waals surface area contributed by atoms with E-state index in [2.05, 4.69) is 4.90 Å². The van der Waals surface area contributed by atoms with E-state index in [9.17, 15) is 4.39 Å². The molecule has 1 saturated heterocycles. The van der Waals surface area contributed by atoms with Crippen molar-refractivity contribution < 1.29 is 9.13 Å². The van der Waals surface area contributed by atoms with Gasteiger partial charge in [0.05, 0.1) is 12.1 Å². The van der Waals surface area contributed by atoms with Crippen LogP contribution in [0.4, 0.5) is 4.39 Å². The Hall–Kier alpha value is -1.13. The van der Waals surface area contributed by atoms with Gasteiger partial charge in [-0.25, -0.2) is 4.39 Å². The molecule has 1 atom stereocenters. The summed E-state index contributed by atoms with van der Waals surface area (Å²) in [6.45, 7) is 3.28. The number of likely N-dealkylation sites (tertiary alicyclic amines) is 1. The average Bonchev–Trinajstić information content (AvgIpc) is 2.76. The zero-order chi connectivity index (χ0) is 14.0. The van der Waals surface area contributed by atoms with Gasteiger partial charge in [0.1, 0.15) is 11.6 Å². The van der Waals surface area contributed by atoms with E-state index in [-0.39, 0.29) is 11.4 Å². The second-order valence-corrected chi connectivity index (χ2v) is 5.88. The Morgan fingerprint density at radius 1 is 1.20 bits per heavy atom. The van der Waals surface area contributed by atoms with Crippen LogP contribution in [0.2, 0.25) is 0 Å². The first-order chi connectivity index (χ1) is 9.76. The van der Waals surface area contributed by atoms with Gasteiger partial charge in [-0.3, -0.25) is 4.90 Å². The normalized spacial score (nSPS) is 27.5. The summed E-state index contributed by atoms with van der Waals surface area (Å²) in [4.78, 5) is 2.47. The molecule has 0 aromatic heterocycles. The fourth-order valence-electron chi connectivity index (χ4n) is 3.62. The van der Waals surface area contributed by atoms with E-state index in [1.54, 1.807) is 12.1 Å². The summed E-state index contributed by atoms with van der Waals surface area (Å²) in [6, 6.07) is 4.83. The van der Waals surface area contributed by atoms with Crippen LogP contribution in [0.25, 0.3) is 0 Å². The molecule has 2 aliphatic heterocycles. The van der Waals surface area contributed by atoms with E-state index < -0.39 is 0 Å². The first kappa shape index (κ1) is 13.8. The smallest absolute Gasteiger partial charge is 0.124 e. The Balaban J connectivity index is 2.02. The molecule has 20 heavy (non-hydrogen) atoms. The summed E-state index contributed by atoms with van der Waals surface area (Å²) < 4.78 is 19.4. The fraction of sp³-hybridized carbons (Fsp3) is 0.625. The van der Waals surface area contributed by atoms with E-state index in [4.69, 9.17) is 10.5 Å². The highest BCUT2D eigenvalue weighted by molar-refractivity contribution is 5.42. The Kier molecular flexibility index (Phi) is 3.94. The summed E-state index contributed by atoms with van der Waals surface area (Å²) in [7, 11) is 0. The monoisotopic (exact) mass is 278 g/mol. The van der Waals surface area contributed by atoms with Crippen molar-refractivity contribution in [3.8, 4) is 5.75 Å². The van der Waals surface area contributed by atoms with Crippen molar-refractivity contribution in [1.29, 1.82) is 0 Å². The van der Waals surface area contributed by atoms with Gasteiger partial charge in [0, 0.05) is 18.5 Å². The molecule has 0 amide bonds. The molecule has 4 heteroatoms. The number of benzene rings is 1. The van der Waals surface area contributed by atoms with Gasteiger partial charge < -0.3 is 10.5 Å². The summed E-state index contributed by atoms with van der Waals surface area (Å²) in [6.07, 6.45) is 5.81. The molecule has 1 unspecified atom stereocenters. The summed E-state index contributed by atoms with van der Waals surface area (Å²) in [5.41, 5.74) is 6.85. The Bertz CT molecular complexity index is 472. The maximum absolute atomic E-state index is 13.7. The first-order valence-corrected chi connectivity index (χ1v) is 7.64. The minimum atomic E-state index is -0.250. The molecule has 1 fully saturated rings. The molecule has 110 valence electrons.